The molecule has 0 spiro atoms. The Morgan fingerprint density at radius 3 is 1.95 bits per heavy atom. The predicted molar refractivity (Wildman–Crippen MR) is 95.0 cm³/mol. The SMILES string of the molecule is CCCCCCCCCC(CCCOC(C)CC)N(C)C. The van der Waals surface area contributed by atoms with E-state index in [1.165, 1.54) is 64.2 Å². The summed E-state index contributed by atoms with van der Waals surface area (Å²) in [6, 6.07) is 0.737. The molecule has 0 aromatic carbocycles. The van der Waals surface area contributed by atoms with Crippen molar-refractivity contribution in [3.8, 4) is 0 Å². The van der Waals surface area contributed by atoms with Crippen molar-refractivity contribution in [1.29, 1.82) is 0 Å². The van der Waals surface area contributed by atoms with Crippen LogP contribution < -0.4 is 0 Å². The molecule has 0 saturated carbocycles. The molecule has 0 aromatic heterocycles. The summed E-state index contributed by atoms with van der Waals surface area (Å²) in [5, 5.41) is 0. The molecule has 2 unspecified atom stereocenters. The molecule has 0 N–H and O–H groups in total. The van der Waals surface area contributed by atoms with E-state index in [0.717, 1.165) is 19.1 Å². The Hall–Kier alpha value is -0.0800. The lowest BCUT2D eigenvalue weighted by Gasteiger charge is -2.24. The molecular formula is C19H41NO. The number of rotatable bonds is 15. The summed E-state index contributed by atoms with van der Waals surface area (Å²) in [6.45, 7) is 7.57. The first kappa shape index (κ1) is 20.9. The van der Waals surface area contributed by atoms with E-state index in [9.17, 15) is 0 Å². The average molecular weight is 300 g/mol. The fraction of sp³-hybridized carbons (Fsp3) is 1.00. The van der Waals surface area contributed by atoms with E-state index in [1.54, 1.807) is 0 Å². The van der Waals surface area contributed by atoms with Gasteiger partial charge in [-0.25, -0.2) is 0 Å². The van der Waals surface area contributed by atoms with Crippen molar-refractivity contribution in [3.63, 3.8) is 0 Å². The van der Waals surface area contributed by atoms with Gasteiger partial charge >= 0.3 is 0 Å². The van der Waals surface area contributed by atoms with Gasteiger partial charge in [-0.3, -0.25) is 0 Å². The first-order valence-corrected chi connectivity index (χ1v) is 9.39. The van der Waals surface area contributed by atoms with E-state index in [4.69, 9.17) is 4.74 Å². The maximum atomic E-state index is 5.78. The van der Waals surface area contributed by atoms with Crippen molar-refractivity contribution in [2.45, 2.75) is 104 Å². The zero-order chi connectivity index (χ0) is 15.9. The number of ether oxygens (including phenoxy) is 1. The quantitative estimate of drug-likeness (QED) is 0.362. The molecule has 0 aliphatic carbocycles. The van der Waals surface area contributed by atoms with Crippen LogP contribution in [0.5, 0.6) is 0 Å². The Kier molecular flexibility index (Phi) is 14.8. The fourth-order valence-corrected chi connectivity index (χ4v) is 2.72. The number of hydrogen-bond acceptors (Lipinski definition) is 2. The minimum Gasteiger partial charge on any atom is -0.379 e. The van der Waals surface area contributed by atoms with Gasteiger partial charge in [0.15, 0.2) is 0 Å². The lowest BCUT2D eigenvalue weighted by molar-refractivity contribution is 0.0572. The fourth-order valence-electron chi connectivity index (χ4n) is 2.72. The number of nitrogens with zero attached hydrogens (tertiary/aromatic N) is 1. The molecule has 0 aliphatic rings. The molecule has 0 bridgehead atoms. The van der Waals surface area contributed by atoms with Crippen LogP contribution in [-0.2, 0) is 4.74 Å². The molecule has 0 saturated heterocycles. The van der Waals surface area contributed by atoms with E-state index >= 15 is 0 Å². The van der Waals surface area contributed by atoms with Crippen molar-refractivity contribution >= 4 is 0 Å². The summed E-state index contributed by atoms with van der Waals surface area (Å²) in [7, 11) is 4.45. The third kappa shape index (κ3) is 13.3. The molecule has 0 fully saturated rings. The van der Waals surface area contributed by atoms with Gasteiger partial charge in [0.25, 0.3) is 0 Å². The third-order valence-corrected chi connectivity index (χ3v) is 4.53. The number of unbranched alkanes of at least 4 members (excludes halogenated alkanes) is 6. The van der Waals surface area contributed by atoms with Crippen molar-refractivity contribution in [3.05, 3.63) is 0 Å². The van der Waals surface area contributed by atoms with Crippen LogP contribution >= 0.6 is 0 Å². The monoisotopic (exact) mass is 299 g/mol. The van der Waals surface area contributed by atoms with Crippen LogP contribution in [0, 0.1) is 0 Å². The summed E-state index contributed by atoms with van der Waals surface area (Å²) in [4.78, 5) is 2.40. The largest absolute Gasteiger partial charge is 0.379 e. The smallest absolute Gasteiger partial charge is 0.0544 e. The highest BCUT2D eigenvalue weighted by molar-refractivity contribution is 4.66. The molecule has 0 amide bonds. The lowest BCUT2D eigenvalue weighted by atomic mass is 10.0. The van der Waals surface area contributed by atoms with E-state index in [0.29, 0.717) is 6.10 Å². The van der Waals surface area contributed by atoms with Gasteiger partial charge in [-0.15, -0.1) is 0 Å². The lowest BCUT2D eigenvalue weighted by Crippen LogP contribution is -2.28. The summed E-state index contributed by atoms with van der Waals surface area (Å²) in [5.74, 6) is 0. The molecule has 0 rings (SSSR count). The van der Waals surface area contributed by atoms with Gasteiger partial charge in [0.2, 0.25) is 0 Å². The van der Waals surface area contributed by atoms with Gasteiger partial charge in [0.05, 0.1) is 6.10 Å². The molecule has 128 valence electrons. The van der Waals surface area contributed by atoms with Crippen LogP contribution in [-0.4, -0.2) is 37.7 Å². The molecule has 0 aromatic rings. The molecule has 0 aliphatic heterocycles. The molecule has 0 heterocycles. The predicted octanol–water partition coefficient (Wildman–Crippen LogP) is 5.65. The van der Waals surface area contributed by atoms with E-state index < -0.39 is 0 Å². The van der Waals surface area contributed by atoms with Gasteiger partial charge in [-0.05, 0) is 46.7 Å². The maximum Gasteiger partial charge on any atom is 0.0544 e. The van der Waals surface area contributed by atoms with Crippen LogP contribution in [0.4, 0.5) is 0 Å². The summed E-state index contributed by atoms with van der Waals surface area (Å²) in [5.41, 5.74) is 0. The van der Waals surface area contributed by atoms with Crippen LogP contribution in [0.1, 0.15) is 91.4 Å². The minimum absolute atomic E-state index is 0.422. The minimum atomic E-state index is 0.422. The molecular weight excluding hydrogens is 258 g/mol. The standard InChI is InChI=1S/C19H41NO/c1-6-8-9-10-11-12-13-15-19(20(4)5)16-14-17-21-18(3)7-2/h18-19H,6-17H2,1-5H3. The molecule has 0 radical (unpaired) electrons. The maximum absolute atomic E-state index is 5.78. The third-order valence-electron chi connectivity index (χ3n) is 4.53. The highest BCUT2D eigenvalue weighted by atomic mass is 16.5. The Morgan fingerprint density at radius 1 is 0.810 bits per heavy atom. The second kappa shape index (κ2) is 14.8. The van der Waals surface area contributed by atoms with E-state index in [1.807, 2.05) is 0 Å². The highest BCUT2D eigenvalue weighted by Gasteiger charge is 2.11. The zero-order valence-corrected chi connectivity index (χ0v) is 15.5. The summed E-state index contributed by atoms with van der Waals surface area (Å²) in [6.07, 6.45) is 15.2. The summed E-state index contributed by atoms with van der Waals surface area (Å²) >= 11 is 0. The second-order valence-electron chi connectivity index (χ2n) is 6.76. The van der Waals surface area contributed by atoms with E-state index in [-0.39, 0.29) is 0 Å². The molecule has 2 atom stereocenters. The molecule has 21 heavy (non-hydrogen) atoms. The van der Waals surface area contributed by atoms with Crippen LogP contribution in [0.15, 0.2) is 0 Å². The number of hydrogen-bond donors (Lipinski definition) is 0. The Bertz CT molecular complexity index is 206. The zero-order valence-electron chi connectivity index (χ0n) is 15.5. The van der Waals surface area contributed by atoms with Crippen molar-refractivity contribution < 1.29 is 4.74 Å². The molecule has 2 heteroatoms. The van der Waals surface area contributed by atoms with Gasteiger partial charge in [-0.1, -0.05) is 58.8 Å². The normalized spacial score (nSPS) is 14.6. The van der Waals surface area contributed by atoms with Crippen molar-refractivity contribution in [2.75, 3.05) is 20.7 Å². The summed E-state index contributed by atoms with van der Waals surface area (Å²) < 4.78 is 5.78. The first-order valence-electron chi connectivity index (χ1n) is 9.39. The van der Waals surface area contributed by atoms with Crippen molar-refractivity contribution in [2.24, 2.45) is 0 Å². The highest BCUT2D eigenvalue weighted by Crippen LogP contribution is 2.15. The Labute approximate surface area is 134 Å². The first-order chi connectivity index (χ1) is 10.1. The van der Waals surface area contributed by atoms with Gasteiger partial charge < -0.3 is 9.64 Å². The Morgan fingerprint density at radius 2 is 1.38 bits per heavy atom. The van der Waals surface area contributed by atoms with Crippen LogP contribution in [0.2, 0.25) is 0 Å². The molecule has 2 nitrogen and oxygen atoms in total. The van der Waals surface area contributed by atoms with Gasteiger partial charge in [0.1, 0.15) is 0 Å². The second-order valence-corrected chi connectivity index (χ2v) is 6.76. The van der Waals surface area contributed by atoms with E-state index in [2.05, 4.69) is 39.8 Å². The average Bonchev–Trinajstić information content (AvgIpc) is 2.47. The van der Waals surface area contributed by atoms with Crippen molar-refractivity contribution in [1.82, 2.24) is 4.90 Å². The topological polar surface area (TPSA) is 12.5 Å². The van der Waals surface area contributed by atoms with Gasteiger partial charge in [-0.2, -0.15) is 0 Å². The Balaban J connectivity index is 3.58. The van der Waals surface area contributed by atoms with Crippen LogP contribution in [0.3, 0.4) is 0 Å². The van der Waals surface area contributed by atoms with Crippen LogP contribution in [0.25, 0.3) is 0 Å². The van der Waals surface area contributed by atoms with Gasteiger partial charge in [0, 0.05) is 12.6 Å².